The van der Waals surface area contributed by atoms with Crippen LogP contribution in [0, 0.1) is 13.8 Å². The molecule has 1 aromatic heterocycles. The average Bonchev–Trinajstić information content (AvgIpc) is 3.06. The van der Waals surface area contributed by atoms with Crippen LogP contribution in [-0.2, 0) is 11.4 Å². The van der Waals surface area contributed by atoms with E-state index in [-0.39, 0.29) is 17.4 Å². The molecule has 1 aromatic carbocycles. The summed E-state index contributed by atoms with van der Waals surface area (Å²) in [5.74, 6) is 0.817. The van der Waals surface area contributed by atoms with Crippen molar-refractivity contribution in [3.05, 3.63) is 45.4 Å². The quantitative estimate of drug-likeness (QED) is 0.741. The predicted octanol–water partition coefficient (Wildman–Crippen LogP) is 3.01. The van der Waals surface area contributed by atoms with Crippen molar-refractivity contribution in [3.63, 3.8) is 0 Å². The number of carbonyl (C=O) groups is 2. The second kappa shape index (κ2) is 9.78. The van der Waals surface area contributed by atoms with Crippen molar-refractivity contribution in [1.29, 1.82) is 0 Å². The number of benzene rings is 1. The first kappa shape index (κ1) is 23.2. The number of piperazine rings is 1. The lowest BCUT2D eigenvalue weighted by atomic mass is 10.1. The van der Waals surface area contributed by atoms with E-state index in [2.05, 4.69) is 15.2 Å². The number of ether oxygens (including phenoxy) is 1. The van der Waals surface area contributed by atoms with Crippen LogP contribution in [0.3, 0.4) is 0 Å². The largest absolute Gasteiger partial charge is 0.486 e. The summed E-state index contributed by atoms with van der Waals surface area (Å²) in [6.07, 6.45) is 0. The van der Waals surface area contributed by atoms with E-state index in [0.717, 1.165) is 16.5 Å². The van der Waals surface area contributed by atoms with Crippen molar-refractivity contribution in [2.45, 2.75) is 46.8 Å². The highest BCUT2D eigenvalue weighted by molar-refractivity contribution is 7.13. The Kier molecular flexibility index (Phi) is 7.33. The van der Waals surface area contributed by atoms with E-state index in [4.69, 9.17) is 4.74 Å². The maximum atomic E-state index is 13.0. The molecular weight excluding hydrogens is 412 g/mol. The molecule has 168 valence electrons. The molecule has 0 aliphatic carbocycles. The number of nitrogens with one attached hydrogen (secondary N) is 1. The van der Waals surface area contributed by atoms with Crippen molar-refractivity contribution in [2.75, 3.05) is 32.7 Å². The Morgan fingerprint density at radius 2 is 1.74 bits per heavy atom. The van der Waals surface area contributed by atoms with Crippen LogP contribution in [0.15, 0.2) is 24.3 Å². The van der Waals surface area contributed by atoms with Gasteiger partial charge in [0.1, 0.15) is 22.2 Å². The minimum Gasteiger partial charge on any atom is -0.486 e. The second-order valence-corrected chi connectivity index (χ2v) is 10.1. The van der Waals surface area contributed by atoms with E-state index >= 15 is 0 Å². The lowest BCUT2D eigenvalue weighted by molar-refractivity contribution is -0.124. The molecule has 0 atom stereocenters. The SMILES string of the molecule is Cc1ccc(OCc2nc(C)c(C(=O)N3CCN(CC(=O)NC(C)(C)C)CC3)s2)cc1. The molecule has 0 spiro atoms. The lowest BCUT2D eigenvalue weighted by Gasteiger charge is -2.34. The van der Waals surface area contributed by atoms with Gasteiger partial charge in [0.2, 0.25) is 5.91 Å². The van der Waals surface area contributed by atoms with Crippen LogP contribution in [0.4, 0.5) is 0 Å². The smallest absolute Gasteiger partial charge is 0.265 e. The van der Waals surface area contributed by atoms with Gasteiger partial charge in [-0.15, -0.1) is 11.3 Å². The van der Waals surface area contributed by atoms with Gasteiger partial charge in [-0.2, -0.15) is 0 Å². The highest BCUT2D eigenvalue weighted by Crippen LogP contribution is 2.23. The third-order valence-electron chi connectivity index (χ3n) is 4.96. The van der Waals surface area contributed by atoms with Crippen LogP contribution in [0.2, 0.25) is 0 Å². The normalized spacial score (nSPS) is 15.1. The minimum atomic E-state index is -0.237. The first-order valence-corrected chi connectivity index (χ1v) is 11.4. The predicted molar refractivity (Wildman–Crippen MR) is 123 cm³/mol. The van der Waals surface area contributed by atoms with Crippen molar-refractivity contribution in [1.82, 2.24) is 20.1 Å². The number of thiazole rings is 1. The van der Waals surface area contributed by atoms with Crippen LogP contribution >= 0.6 is 11.3 Å². The van der Waals surface area contributed by atoms with Gasteiger partial charge in [0.25, 0.3) is 5.91 Å². The first-order valence-electron chi connectivity index (χ1n) is 10.6. The van der Waals surface area contributed by atoms with Gasteiger partial charge in [-0.25, -0.2) is 4.98 Å². The molecule has 0 unspecified atom stereocenters. The van der Waals surface area contributed by atoms with Crippen LogP contribution < -0.4 is 10.1 Å². The molecule has 1 aliphatic rings. The molecule has 3 rings (SSSR count). The Morgan fingerprint density at radius 3 is 2.35 bits per heavy atom. The maximum absolute atomic E-state index is 13.0. The molecule has 0 saturated carbocycles. The van der Waals surface area contributed by atoms with Crippen molar-refractivity contribution in [3.8, 4) is 5.75 Å². The van der Waals surface area contributed by atoms with Crippen LogP contribution in [-0.4, -0.2) is 64.9 Å². The van der Waals surface area contributed by atoms with E-state index in [9.17, 15) is 9.59 Å². The highest BCUT2D eigenvalue weighted by atomic mass is 32.1. The number of aromatic nitrogens is 1. The molecule has 31 heavy (non-hydrogen) atoms. The molecule has 0 radical (unpaired) electrons. The zero-order valence-corrected chi connectivity index (χ0v) is 19.8. The van der Waals surface area contributed by atoms with E-state index < -0.39 is 0 Å². The van der Waals surface area contributed by atoms with Gasteiger partial charge >= 0.3 is 0 Å². The van der Waals surface area contributed by atoms with Crippen molar-refractivity contribution in [2.24, 2.45) is 0 Å². The zero-order chi connectivity index (χ0) is 22.6. The maximum Gasteiger partial charge on any atom is 0.265 e. The number of rotatable bonds is 6. The highest BCUT2D eigenvalue weighted by Gasteiger charge is 2.27. The van der Waals surface area contributed by atoms with Gasteiger partial charge in [-0.05, 0) is 46.8 Å². The number of aryl methyl sites for hydroxylation is 2. The molecule has 1 saturated heterocycles. The van der Waals surface area contributed by atoms with Crippen molar-refractivity contribution >= 4 is 23.2 Å². The summed E-state index contributed by atoms with van der Waals surface area (Å²) >= 11 is 1.40. The summed E-state index contributed by atoms with van der Waals surface area (Å²) < 4.78 is 5.80. The summed E-state index contributed by atoms with van der Waals surface area (Å²) in [6.45, 7) is 13.1. The Morgan fingerprint density at radius 1 is 1.10 bits per heavy atom. The van der Waals surface area contributed by atoms with Gasteiger partial charge in [0.15, 0.2) is 0 Å². The van der Waals surface area contributed by atoms with Gasteiger partial charge < -0.3 is 15.0 Å². The van der Waals surface area contributed by atoms with Gasteiger partial charge in [-0.1, -0.05) is 17.7 Å². The molecule has 8 heteroatoms. The van der Waals surface area contributed by atoms with Crippen LogP contribution in [0.5, 0.6) is 5.75 Å². The summed E-state index contributed by atoms with van der Waals surface area (Å²) in [6, 6.07) is 7.87. The molecule has 1 N–H and O–H groups in total. The Labute approximate surface area is 188 Å². The lowest BCUT2D eigenvalue weighted by Crippen LogP contribution is -2.52. The molecule has 2 amide bonds. The molecule has 7 nitrogen and oxygen atoms in total. The van der Waals surface area contributed by atoms with Crippen LogP contribution in [0.25, 0.3) is 0 Å². The number of amides is 2. The standard InChI is InChI=1S/C23H32N4O3S/c1-16-6-8-18(9-7-16)30-15-20-24-17(2)21(31-20)22(29)27-12-10-26(11-13-27)14-19(28)25-23(3,4)5/h6-9H,10-15H2,1-5H3,(H,25,28). The number of hydrogen-bond donors (Lipinski definition) is 1. The summed E-state index contributed by atoms with van der Waals surface area (Å²) in [7, 11) is 0. The Balaban J connectivity index is 1.51. The summed E-state index contributed by atoms with van der Waals surface area (Å²) in [5, 5.41) is 3.77. The molecule has 2 heterocycles. The Hall–Kier alpha value is -2.45. The topological polar surface area (TPSA) is 74.8 Å². The monoisotopic (exact) mass is 444 g/mol. The van der Waals surface area contributed by atoms with E-state index in [1.165, 1.54) is 16.9 Å². The van der Waals surface area contributed by atoms with Gasteiger partial charge in [0, 0.05) is 31.7 Å². The van der Waals surface area contributed by atoms with Gasteiger partial charge in [0.05, 0.1) is 12.2 Å². The molecule has 0 bridgehead atoms. The average molecular weight is 445 g/mol. The fourth-order valence-corrected chi connectivity index (χ4v) is 4.35. The van der Waals surface area contributed by atoms with E-state index in [0.29, 0.717) is 44.2 Å². The molecule has 1 aliphatic heterocycles. The fraction of sp³-hybridized carbons (Fsp3) is 0.522. The minimum absolute atomic E-state index is 0.00961. The van der Waals surface area contributed by atoms with E-state index in [1.54, 1.807) is 0 Å². The van der Waals surface area contributed by atoms with Crippen LogP contribution in [0.1, 0.15) is 46.7 Å². The summed E-state index contributed by atoms with van der Waals surface area (Å²) in [5.41, 5.74) is 1.68. The molecule has 2 aromatic rings. The number of carbonyl (C=O) groups excluding carboxylic acids is 2. The number of hydrogen-bond acceptors (Lipinski definition) is 6. The summed E-state index contributed by atoms with van der Waals surface area (Å²) in [4.78, 5) is 34.3. The zero-order valence-electron chi connectivity index (χ0n) is 19.0. The number of nitrogens with zero attached hydrogens (tertiary/aromatic N) is 3. The van der Waals surface area contributed by atoms with Crippen molar-refractivity contribution < 1.29 is 14.3 Å². The third-order valence-corrected chi connectivity index (χ3v) is 6.08. The molecule has 1 fully saturated rings. The molecular formula is C23H32N4O3S. The second-order valence-electron chi connectivity index (χ2n) is 8.99. The first-order chi connectivity index (χ1) is 14.6. The van der Waals surface area contributed by atoms with Gasteiger partial charge in [-0.3, -0.25) is 14.5 Å². The third kappa shape index (κ3) is 6.77. The Bertz CT molecular complexity index is 910. The fourth-order valence-electron chi connectivity index (χ4n) is 3.41. The van der Waals surface area contributed by atoms with E-state index in [1.807, 2.05) is 63.8 Å².